The molecule has 0 bridgehead atoms. The van der Waals surface area contributed by atoms with Crippen LogP contribution >= 0.6 is 0 Å². The highest BCUT2D eigenvalue weighted by molar-refractivity contribution is 5.43. The lowest BCUT2D eigenvalue weighted by molar-refractivity contribution is 0.444. The Morgan fingerprint density at radius 1 is 1.55 bits per heavy atom. The van der Waals surface area contributed by atoms with Gasteiger partial charge in [-0.1, -0.05) is 6.08 Å². The standard InChI is InChI=1S/C8H8O3/c1-2-3-7-4-6(9)5-8(10)11-7/h2-5,9H,1H3/b3-2+. The summed E-state index contributed by atoms with van der Waals surface area (Å²) in [7, 11) is 0. The fourth-order valence-electron chi connectivity index (χ4n) is 0.730. The fraction of sp³-hybridized carbons (Fsp3) is 0.125. The van der Waals surface area contributed by atoms with E-state index in [2.05, 4.69) is 0 Å². The number of hydrogen-bond acceptors (Lipinski definition) is 3. The molecule has 1 aromatic heterocycles. The van der Waals surface area contributed by atoms with E-state index in [0.29, 0.717) is 5.76 Å². The first kappa shape index (κ1) is 7.60. The predicted molar refractivity (Wildman–Crippen MR) is 41.4 cm³/mol. The second kappa shape index (κ2) is 3.05. The van der Waals surface area contributed by atoms with Crippen molar-refractivity contribution in [3.05, 3.63) is 34.4 Å². The molecule has 0 amide bonds. The van der Waals surface area contributed by atoms with E-state index < -0.39 is 5.63 Å². The largest absolute Gasteiger partial charge is 0.508 e. The van der Waals surface area contributed by atoms with Crippen molar-refractivity contribution in [2.45, 2.75) is 6.92 Å². The normalized spacial score (nSPS) is 10.6. The maximum Gasteiger partial charge on any atom is 0.339 e. The lowest BCUT2D eigenvalue weighted by Gasteiger charge is -1.91. The maximum absolute atomic E-state index is 10.6. The summed E-state index contributed by atoms with van der Waals surface area (Å²) >= 11 is 0. The third kappa shape index (κ3) is 1.97. The molecule has 0 saturated carbocycles. The average molecular weight is 152 g/mol. The van der Waals surface area contributed by atoms with E-state index in [1.54, 1.807) is 19.1 Å². The zero-order valence-electron chi connectivity index (χ0n) is 6.07. The van der Waals surface area contributed by atoms with Crippen molar-refractivity contribution >= 4 is 6.08 Å². The van der Waals surface area contributed by atoms with Gasteiger partial charge >= 0.3 is 5.63 Å². The van der Waals surface area contributed by atoms with Gasteiger partial charge < -0.3 is 9.52 Å². The summed E-state index contributed by atoms with van der Waals surface area (Å²) in [5.41, 5.74) is -0.543. The second-order valence-electron chi connectivity index (χ2n) is 2.04. The first-order chi connectivity index (χ1) is 5.22. The summed E-state index contributed by atoms with van der Waals surface area (Å²) in [6.45, 7) is 1.80. The van der Waals surface area contributed by atoms with Gasteiger partial charge in [-0.25, -0.2) is 4.79 Å². The zero-order chi connectivity index (χ0) is 8.27. The molecule has 1 rings (SSSR count). The van der Waals surface area contributed by atoms with Crippen molar-refractivity contribution < 1.29 is 9.52 Å². The van der Waals surface area contributed by atoms with Gasteiger partial charge in [0.2, 0.25) is 0 Å². The van der Waals surface area contributed by atoms with E-state index in [4.69, 9.17) is 9.52 Å². The molecule has 0 aliphatic rings. The molecular formula is C8H8O3. The Kier molecular flexibility index (Phi) is 2.11. The third-order valence-electron chi connectivity index (χ3n) is 1.11. The van der Waals surface area contributed by atoms with Gasteiger partial charge in [0.05, 0.1) is 6.07 Å². The molecule has 0 spiro atoms. The fourth-order valence-corrected chi connectivity index (χ4v) is 0.730. The Morgan fingerprint density at radius 2 is 2.27 bits per heavy atom. The molecule has 1 heterocycles. The molecule has 58 valence electrons. The van der Waals surface area contributed by atoms with Gasteiger partial charge in [-0.2, -0.15) is 0 Å². The molecule has 0 unspecified atom stereocenters. The molecule has 0 aliphatic heterocycles. The van der Waals surface area contributed by atoms with Gasteiger partial charge in [0, 0.05) is 6.07 Å². The molecule has 0 radical (unpaired) electrons. The Balaban J connectivity index is 3.19. The van der Waals surface area contributed by atoms with E-state index in [1.807, 2.05) is 0 Å². The lowest BCUT2D eigenvalue weighted by Crippen LogP contribution is -1.95. The highest BCUT2D eigenvalue weighted by atomic mass is 16.4. The topological polar surface area (TPSA) is 50.4 Å². The van der Waals surface area contributed by atoms with Crippen molar-refractivity contribution in [1.29, 1.82) is 0 Å². The van der Waals surface area contributed by atoms with Gasteiger partial charge in [-0.15, -0.1) is 0 Å². The minimum atomic E-state index is -0.543. The van der Waals surface area contributed by atoms with Crippen molar-refractivity contribution in [3.8, 4) is 5.75 Å². The van der Waals surface area contributed by atoms with Crippen molar-refractivity contribution in [3.63, 3.8) is 0 Å². The molecule has 3 heteroatoms. The van der Waals surface area contributed by atoms with Crippen LogP contribution in [0.5, 0.6) is 5.75 Å². The van der Waals surface area contributed by atoms with Crippen LogP contribution in [-0.4, -0.2) is 5.11 Å². The van der Waals surface area contributed by atoms with Crippen LogP contribution in [0.15, 0.2) is 27.4 Å². The highest BCUT2D eigenvalue weighted by Gasteiger charge is 1.94. The molecule has 0 fully saturated rings. The van der Waals surface area contributed by atoms with Crippen molar-refractivity contribution in [2.24, 2.45) is 0 Å². The average Bonchev–Trinajstić information content (AvgIpc) is 1.85. The molecule has 1 N–H and O–H groups in total. The maximum atomic E-state index is 10.6. The highest BCUT2D eigenvalue weighted by Crippen LogP contribution is 2.08. The Bertz CT molecular complexity index is 322. The minimum Gasteiger partial charge on any atom is -0.508 e. The Labute approximate surface area is 63.6 Å². The number of allylic oxidation sites excluding steroid dienone is 1. The first-order valence-corrected chi connectivity index (χ1v) is 3.19. The van der Waals surface area contributed by atoms with Gasteiger partial charge in [0.25, 0.3) is 0 Å². The third-order valence-corrected chi connectivity index (χ3v) is 1.11. The lowest BCUT2D eigenvalue weighted by atomic mass is 10.3. The van der Waals surface area contributed by atoms with E-state index in [-0.39, 0.29) is 5.75 Å². The van der Waals surface area contributed by atoms with Gasteiger partial charge in [-0.3, -0.25) is 0 Å². The van der Waals surface area contributed by atoms with E-state index in [1.165, 1.54) is 6.07 Å². The number of hydrogen-bond donors (Lipinski definition) is 1. The summed E-state index contributed by atoms with van der Waals surface area (Å²) in [5, 5.41) is 8.93. The summed E-state index contributed by atoms with van der Waals surface area (Å²) in [6.07, 6.45) is 3.32. The summed E-state index contributed by atoms with van der Waals surface area (Å²) in [5.74, 6) is 0.284. The van der Waals surface area contributed by atoms with Crippen LogP contribution in [0.3, 0.4) is 0 Å². The molecule has 3 nitrogen and oxygen atoms in total. The van der Waals surface area contributed by atoms with Crippen molar-refractivity contribution in [1.82, 2.24) is 0 Å². The first-order valence-electron chi connectivity index (χ1n) is 3.19. The molecular weight excluding hydrogens is 144 g/mol. The van der Waals surface area contributed by atoms with Gasteiger partial charge in [0.15, 0.2) is 0 Å². The van der Waals surface area contributed by atoms with Gasteiger partial charge in [-0.05, 0) is 13.0 Å². The van der Waals surface area contributed by atoms with Crippen LogP contribution in [-0.2, 0) is 0 Å². The van der Waals surface area contributed by atoms with Crippen LogP contribution < -0.4 is 5.63 Å². The zero-order valence-corrected chi connectivity index (χ0v) is 6.07. The van der Waals surface area contributed by atoms with Crippen LogP contribution in [0.1, 0.15) is 12.7 Å². The molecule has 0 saturated heterocycles. The molecule has 0 atom stereocenters. The molecule has 0 aliphatic carbocycles. The summed E-state index contributed by atoms with van der Waals surface area (Å²) in [4.78, 5) is 10.6. The smallest absolute Gasteiger partial charge is 0.339 e. The second-order valence-corrected chi connectivity index (χ2v) is 2.04. The Hall–Kier alpha value is -1.51. The summed E-state index contributed by atoms with van der Waals surface area (Å²) in [6, 6.07) is 2.40. The van der Waals surface area contributed by atoms with Gasteiger partial charge in [0.1, 0.15) is 11.5 Å². The number of aromatic hydroxyl groups is 1. The van der Waals surface area contributed by atoms with Crippen molar-refractivity contribution in [2.75, 3.05) is 0 Å². The minimum absolute atomic E-state index is 0.0747. The quantitative estimate of drug-likeness (QED) is 0.661. The van der Waals surface area contributed by atoms with Crippen LogP contribution in [0, 0.1) is 0 Å². The van der Waals surface area contributed by atoms with E-state index in [9.17, 15) is 4.79 Å². The summed E-state index contributed by atoms with van der Waals surface area (Å²) < 4.78 is 4.70. The van der Waals surface area contributed by atoms with Crippen LogP contribution in [0.4, 0.5) is 0 Å². The monoisotopic (exact) mass is 152 g/mol. The number of rotatable bonds is 1. The SMILES string of the molecule is C/C=C/c1cc(O)cc(=O)o1. The predicted octanol–water partition coefficient (Wildman–Crippen LogP) is 1.38. The Morgan fingerprint density at radius 3 is 2.82 bits per heavy atom. The van der Waals surface area contributed by atoms with Crippen LogP contribution in [0.25, 0.3) is 6.08 Å². The van der Waals surface area contributed by atoms with Crippen LogP contribution in [0.2, 0.25) is 0 Å². The molecule has 0 aromatic carbocycles. The molecule has 1 aromatic rings. The van der Waals surface area contributed by atoms with E-state index >= 15 is 0 Å². The molecule has 11 heavy (non-hydrogen) atoms. The van der Waals surface area contributed by atoms with E-state index in [0.717, 1.165) is 6.07 Å².